The second kappa shape index (κ2) is 6.12. The van der Waals surface area contributed by atoms with Crippen molar-refractivity contribution in [3.05, 3.63) is 11.4 Å². The maximum atomic E-state index is 11.6. The number of nitrogens with zero attached hydrogens (tertiary/aromatic N) is 4. The summed E-state index contributed by atoms with van der Waals surface area (Å²) < 4.78 is 12.2. The van der Waals surface area contributed by atoms with Crippen LogP contribution < -0.4 is 0 Å². The zero-order valence-electron chi connectivity index (χ0n) is 11.6. The van der Waals surface area contributed by atoms with Crippen LogP contribution in [0.1, 0.15) is 23.1 Å². The number of morpholine rings is 1. The van der Waals surface area contributed by atoms with Gasteiger partial charge in [-0.15, -0.1) is 5.10 Å². The third-order valence-electron chi connectivity index (χ3n) is 3.27. The molecule has 106 valence electrons. The highest BCUT2D eigenvalue weighted by atomic mass is 16.5. The average Bonchev–Trinajstić information content (AvgIpc) is 2.80. The molecule has 7 heteroatoms. The summed E-state index contributed by atoms with van der Waals surface area (Å²) in [6.07, 6.45) is 0.760. The molecule has 1 unspecified atom stereocenters. The van der Waals surface area contributed by atoms with Crippen molar-refractivity contribution >= 4 is 5.97 Å². The molecule has 0 N–H and O–H groups in total. The Balaban J connectivity index is 2.11. The molecule has 0 saturated carbocycles. The Morgan fingerprint density at radius 1 is 1.58 bits per heavy atom. The lowest BCUT2D eigenvalue weighted by Gasteiger charge is -2.30. The van der Waals surface area contributed by atoms with Gasteiger partial charge in [-0.05, 0) is 13.5 Å². The molecule has 1 atom stereocenters. The van der Waals surface area contributed by atoms with Crippen LogP contribution in [0.4, 0.5) is 0 Å². The number of rotatable bonds is 4. The lowest BCUT2D eigenvalue weighted by atomic mass is 10.2. The number of likely N-dealkylation sites (N-methyl/N-ethyl adjacent to an activating group) is 1. The summed E-state index contributed by atoms with van der Waals surface area (Å²) >= 11 is 0. The lowest BCUT2D eigenvalue weighted by molar-refractivity contribution is -0.0296. The van der Waals surface area contributed by atoms with Crippen molar-refractivity contribution in [2.75, 3.05) is 33.9 Å². The van der Waals surface area contributed by atoms with E-state index in [1.165, 1.54) is 7.11 Å². The van der Waals surface area contributed by atoms with Crippen LogP contribution in [-0.2, 0) is 22.4 Å². The number of carbonyl (C=O) groups excluding carboxylic acids is 1. The summed E-state index contributed by atoms with van der Waals surface area (Å²) in [4.78, 5) is 13.8. The summed E-state index contributed by atoms with van der Waals surface area (Å²) in [5.41, 5.74) is 1.10. The van der Waals surface area contributed by atoms with E-state index in [-0.39, 0.29) is 6.10 Å². The molecule has 0 aliphatic carbocycles. The quantitative estimate of drug-likeness (QED) is 0.714. The number of aromatic nitrogens is 3. The summed E-state index contributed by atoms with van der Waals surface area (Å²) in [5.74, 6) is -0.440. The van der Waals surface area contributed by atoms with Gasteiger partial charge in [-0.3, -0.25) is 0 Å². The third kappa shape index (κ3) is 3.10. The molecule has 1 aliphatic rings. The molecule has 0 spiro atoms. The van der Waals surface area contributed by atoms with Crippen LogP contribution >= 0.6 is 0 Å². The van der Waals surface area contributed by atoms with Gasteiger partial charge in [0.15, 0.2) is 5.69 Å². The topological polar surface area (TPSA) is 69.5 Å². The van der Waals surface area contributed by atoms with E-state index in [2.05, 4.69) is 22.3 Å². The summed E-state index contributed by atoms with van der Waals surface area (Å²) in [7, 11) is 3.41. The largest absolute Gasteiger partial charge is 0.464 e. The number of methoxy groups -OCH3 is 1. The molecule has 0 bridgehead atoms. The zero-order valence-corrected chi connectivity index (χ0v) is 11.6. The van der Waals surface area contributed by atoms with Crippen molar-refractivity contribution in [2.24, 2.45) is 0 Å². The fourth-order valence-corrected chi connectivity index (χ4v) is 2.25. The van der Waals surface area contributed by atoms with Gasteiger partial charge < -0.3 is 14.4 Å². The lowest BCUT2D eigenvalue weighted by Crippen LogP contribution is -2.42. The van der Waals surface area contributed by atoms with Gasteiger partial charge in [0.05, 0.1) is 32.1 Å². The molecule has 7 nitrogen and oxygen atoms in total. The first-order valence-corrected chi connectivity index (χ1v) is 6.46. The molecule has 0 radical (unpaired) electrons. The highest BCUT2D eigenvalue weighted by molar-refractivity contribution is 5.88. The highest BCUT2D eigenvalue weighted by Crippen LogP contribution is 2.11. The Morgan fingerprint density at radius 3 is 3.00 bits per heavy atom. The minimum Gasteiger partial charge on any atom is -0.464 e. The Hall–Kier alpha value is -1.47. The number of esters is 1. The van der Waals surface area contributed by atoms with Gasteiger partial charge in [0.2, 0.25) is 0 Å². The molecule has 2 heterocycles. The van der Waals surface area contributed by atoms with Gasteiger partial charge in [-0.2, -0.15) is 0 Å². The van der Waals surface area contributed by atoms with Crippen LogP contribution in [0.25, 0.3) is 0 Å². The SMILES string of the molecule is CCc1c(C(=O)OC)nnn1CC1CN(C)CCO1. The average molecular weight is 268 g/mol. The Labute approximate surface area is 112 Å². The van der Waals surface area contributed by atoms with E-state index in [1.807, 2.05) is 6.92 Å². The van der Waals surface area contributed by atoms with Crippen molar-refractivity contribution in [2.45, 2.75) is 26.0 Å². The highest BCUT2D eigenvalue weighted by Gasteiger charge is 2.23. The van der Waals surface area contributed by atoms with E-state index in [9.17, 15) is 4.79 Å². The van der Waals surface area contributed by atoms with Gasteiger partial charge >= 0.3 is 5.97 Å². The molecular weight excluding hydrogens is 248 g/mol. The standard InChI is InChI=1S/C12H20N4O3/c1-4-10-11(12(17)18-3)13-14-16(10)8-9-7-15(2)5-6-19-9/h9H,4-8H2,1-3H3. The van der Waals surface area contributed by atoms with Gasteiger partial charge in [-0.25, -0.2) is 9.48 Å². The number of hydrogen-bond donors (Lipinski definition) is 0. The fourth-order valence-electron chi connectivity index (χ4n) is 2.25. The van der Waals surface area contributed by atoms with E-state index in [0.717, 1.165) is 25.4 Å². The fraction of sp³-hybridized carbons (Fsp3) is 0.750. The molecule has 19 heavy (non-hydrogen) atoms. The number of carbonyl (C=O) groups is 1. The normalized spacial score (nSPS) is 20.5. The first-order chi connectivity index (χ1) is 9.15. The third-order valence-corrected chi connectivity index (χ3v) is 3.27. The molecule has 1 aromatic heterocycles. The molecule has 0 amide bonds. The van der Waals surface area contributed by atoms with Crippen LogP contribution in [0.3, 0.4) is 0 Å². The Morgan fingerprint density at radius 2 is 2.37 bits per heavy atom. The predicted molar refractivity (Wildman–Crippen MR) is 68.0 cm³/mol. The van der Waals surface area contributed by atoms with E-state index in [1.54, 1.807) is 4.68 Å². The number of ether oxygens (including phenoxy) is 2. The van der Waals surface area contributed by atoms with Crippen LogP contribution in [-0.4, -0.2) is 65.8 Å². The Bertz CT molecular complexity index is 446. The van der Waals surface area contributed by atoms with Crippen LogP contribution in [0.15, 0.2) is 0 Å². The summed E-state index contributed by atoms with van der Waals surface area (Å²) in [6.45, 7) is 5.10. The maximum absolute atomic E-state index is 11.6. The maximum Gasteiger partial charge on any atom is 0.360 e. The molecule has 1 fully saturated rings. The predicted octanol–water partition coefficient (Wildman–Crippen LogP) is -0.0423. The molecule has 0 aromatic carbocycles. The van der Waals surface area contributed by atoms with E-state index in [0.29, 0.717) is 18.7 Å². The van der Waals surface area contributed by atoms with Crippen LogP contribution in [0.5, 0.6) is 0 Å². The minimum absolute atomic E-state index is 0.0799. The van der Waals surface area contributed by atoms with Crippen molar-refractivity contribution < 1.29 is 14.3 Å². The summed E-state index contributed by atoms with van der Waals surface area (Å²) in [5, 5.41) is 7.95. The zero-order chi connectivity index (χ0) is 13.8. The van der Waals surface area contributed by atoms with Gasteiger partial charge in [-0.1, -0.05) is 12.1 Å². The summed E-state index contributed by atoms with van der Waals surface area (Å²) in [6, 6.07) is 0. The second-order valence-corrected chi connectivity index (χ2v) is 4.67. The van der Waals surface area contributed by atoms with Gasteiger partial charge in [0.1, 0.15) is 0 Å². The smallest absolute Gasteiger partial charge is 0.360 e. The molecular formula is C12H20N4O3. The second-order valence-electron chi connectivity index (χ2n) is 4.67. The van der Waals surface area contributed by atoms with Gasteiger partial charge in [0.25, 0.3) is 0 Å². The first kappa shape index (κ1) is 14.0. The van der Waals surface area contributed by atoms with Crippen LogP contribution in [0, 0.1) is 0 Å². The van der Waals surface area contributed by atoms with E-state index >= 15 is 0 Å². The molecule has 2 rings (SSSR count). The van der Waals surface area contributed by atoms with Crippen molar-refractivity contribution in [3.63, 3.8) is 0 Å². The van der Waals surface area contributed by atoms with Crippen molar-refractivity contribution in [1.82, 2.24) is 19.9 Å². The first-order valence-electron chi connectivity index (χ1n) is 6.46. The van der Waals surface area contributed by atoms with E-state index in [4.69, 9.17) is 9.47 Å². The molecule has 1 aliphatic heterocycles. The van der Waals surface area contributed by atoms with Crippen molar-refractivity contribution in [3.8, 4) is 0 Å². The molecule has 1 aromatic rings. The molecule has 1 saturated heterocycles. The van der Waals surface area contributed by atoms with E-state index < -0.39 is 5.97 Å². The van der Waals surface area contributed by atoms with Crippen molar-refractivity contribution in [1.29, 1.82) is 0 Å². The van der Waals surface area contributed by atoms with Crippen LogP contribution in [0.2, 0.25) is 0 Å². The monoisotopic (exact) mass is 268 g/mol. The number of hydrogen-bond acceptors (Lipinski definition) is 6. The minimum atomic E-state index is -0.440. The Kier molecular flexibility index (Phi) is 4.49. The van der Waals surface area contributed by atoms with Gasteiger partial charge in [0, 0.05) is 13.1 Å².